The van der Waals surface area contributed by atoms with Gasteiger partial charge in [0.25, 0.3) is 11.8 Å². The van der Waals surface area contributed by atoms with Crippen LogP contribution in [0, 0.1) is 12.8 Å². The van der Waals surface area contributed by atoms with Gasteiger partial charge < -0.3 is 10.2 Å². The summed E-state index contributed by atoms with van der Waals surface area (Å²) in [5, 5.41) is 7.50. The van der Waals surface area contributed by atoms with Crippen molar-refractivity contribution in [2.75, 3.05) is 18.0 Å². The molecule has 1 unspecified atom stereocenters. The normalized spacial score (nSPS) is 14.8. The molecule has 0 spiro atoms. The Labute approximate surface area is 199 Å². The molecule has 0 bridgehead atoms. The fourth-order valence-corrected chi connectivity index (χ4v) is 4.13. The highest BCUT2D eigenvalue weighted by molar-refractivity contribution is 6.36. The number of hydrogen-bond acceptors (Lipinski definition) is 4. The number of aryl methyl sites for hydroxylation is 1. The summed E-state index contributed by atoms with van der Waals surface area (Å²) in [6.07, 6.45) is 4.08. The predicted molar refractivity (Wildman–Crippen MR) is 131 cm³/mol. The van der Waals surface area contributed by atoms with Crippen LogP contribution in [-0.4, -0.2) is 37.2 Å². The third-order valence-corrected chi connectivity index (χ3v) is 6.06. The molecule has 3 rings (SSSR count). The molecule has 170 valence electrons. The Hall–Kier alpha value is -2.57. The van der Waals surface area contributed by atoms with E-state index >= 15 is 0 Å². The number of rotatable bonds is 7. The van der Waals surface area contributed by atoms with Gasteiger partial charge in [-0.1, -0.05) is 43.1 Å². The molecule has 0 aliphatic carbocycles. The lowest BCUT2D eigenvalue weighted by molar-refractivity contribution is -0.123. The van der Waals surface area contributed by atoms with E-state index in [0.717, 1.165) is 24.2 Å². The highest BCUT2D eigenvalue weighted by atomic mass is 35.5. The van der Waals surface area contributed by atoms with E-state index < -0.39 is 17.9 Å². The molecule has 2 aromatic carbocycles. The van der Waals surface area contributed by atoms with Gasteiger partial charge in [-0.2, -0.15) is 5.10 Å². The van der Waals surface area contributed by atoms with Gasteiger partial charge in [-0.15, -0.1) is 0 Å². The number of nitrogens with one attached hydrogen (secondary N) is 2. The van der Waals surface area contributed by atoms with E-state index in [1.54, 1.807) is 12.3 Å². The van der Waals surface area contributed by atoms with Gasteiger partial charge in [0.1, 0.15) is 6.04 Å². The van der Waals surface area contributed by atoms with Gasteiger partial charge in [-0.05, 0) is 67.1 Å². The maximum absolute atomic E-state index is 12.7. The zero-order valence-electron chi connectivity index (χ0n) is 18.5. The molecule has 0 saturated carbocycles. The molecule has 0 radical (unpaired) electrons. The van der Waals surface area contributed by atoms with Gasteiger partial charge in [0.05, 0.1) is 16.8 Å². The van der Waals surface area contributed by atoms with Crippen molar-refractivity contribution < 1.29 is 9.59 Å². The van der Waals surface area contributed by atoms with Gasteiger partial charge >= 0.3 is 0 Å². The zero-order chi connectivity index (χ0) is 23.3. The molecule has 2 N–H and O–H groups in total. The second kappa shape index (κ2) is 10.8. The van der Waals surface area contributed by atoms with Crippen LogP contribution >= 0.6 is 23.2 Å². The van der Waals surface area contributed by atoms with Crippen molar-refractivity contribution in [2.45, 2.75) is 39.7 Å². The van der Waals surface area contributed by atoms with Crippen molar-refractivity contribution >= 4 is 46.9 Å². The fraction of sp³-hybridized carbons (Fsp3) is 0.375. The Bertz CT molecular complexity index is 1020. The predicted octanol–water partition coefficient (Wildman–Crippen LogP) is 4.81. The second-order valence-electron chi connectivity index (χ2n) is 8.29. The average Bonchev–Trinajstić information content (AvgIpc) is 3.27. The third-order valence-electron chi connectivity index (χ3n) is 5.51. The number of hydrogen-bond donors (Lipinski definition) is 2. The highest BCUT2D eigenvalue weighted by Crippen LogP contribution is 2.23. The van der Waals surface area contributed by atoms with Gasteiger partial charge in [-0.3, -0.25) is 9.59 Å². The molecule has 1 fully saturated rings. The summed E-state index contributed by atoms with van der Waals surface area (Å²) < 4.78 is 0. The van der Waals surface area contributed by atoms with Crippen LogP contribution in [0.4, 0.5) is 5.69 Å². The van der Waals surface area contributed by atoms with E-state index in [9.17, 15) is 9.59 Å². The van der Waals surface area contributed by atoms with Crippen molar-refractivity contribution in [1.82, 2.24) is 10.7 Å². The Kier molecular flexibility index (Phi) is 8.15. The molecule has 32 heavy (non-hydrogen) atoms. The Morgan fingerprint density at radius 3 is 2.44 bits per heavy atom. The maximum atomic E-state index is 12.7. The SMILES string of the molecule is Cc1cc(N2CCCC2)ccc1/C=N\NC(=O)C(NC(=O)c1ccc(Cl)cc1Cl)C(C)C. The first kappa shape index (κ1) is 24.1. The molecular formula is C24H28Cl2N4O2. The van der Waals surface area contributed by atoms with Crippen molar-refractivity contribution in [2.24, 2.45) is 11.0 Å². The van der Waals surface area contributed by atoms with Crippen LogP contribution < -0.4 is 15.6 Å². The summed E-state index contributed by atoms with van der Waals surface area (Å²) in [5.74, 6) is -0.999. The summed E-state index contributed by atoms with van der Waals surface area (Å²) in [5.41, 5.74) is 6.01. The first-order chi connectivity index (χ1) is 15.3. The van der Waals surface area contributed by atoms with Crippen LogP contribution in [0.2, 0.25) is 10.0 Å². The van der Waals surface area contributed by atoms with Crippen LogP contribution in [0.25, 0.3) is 0 Å². The minimum absolute atomic E-state index is 0.151. The lowest BCUT2D eigenvalue weighted by Gasteiger charge is -2.21. The second-order valence-corrected chi connectivity index (χ2v) is 9.13. The van der Waals surface area contributed by atoms with Crippen molar-refractivity contribution in [3.63, 3.8) is 0 Å². The van der Waals surface area contributed by atoms with Crippen molar-refractivity contribution in [3.05, 3.63) is 63.1 Å². The van der Waals surface area contributed by atoms with E-state index in [1.165, 1.54) is 30.7 Å². The highest BCUT2D eigenvalue weighted by Gasteiger charge is 2.25. The van der Waals surface area contributed by atoms with E-state index in [2.05, 4.69) is 32.9 Å². The van der Waals surface area contributed by atoms with Crippen LogP contribution in [0.5, 0.6) is 0 Å². The van der Waals surface area contributed by atoms with Crippen LogP contribution in [0.1, 0.15) is 48.2 Å². The van der Waals surface area contributed by atoms with Gasteiger partial charge in [0.2, 0.25) is 0 Å². The number of carbonyl (C=O) groups excluding carboxylic acids is 2. The molecule has 0 aromatic heterocycles. The molecule has 2 aromatic rings. The molecule has 1 saturated heterocycles. The van der Waals surface area contributed by atoms with Gasteiger partial charge in [0.15, 0.2) is 0 Å². The summed E-state index contributed by atoms with van der Waals surface area (Å²) >= 11 is 12.0. The number of amides is 2. The molecule has 8 heteroatoms. The fourth-order valence-electron chi connectivity index (χ4n) is 3.64. The summed E-state index contributed by atoms with van der Waals surface area (Å²) in [4.78, 5) is 27.7. The number of hydrazone groups is 1. The molecule has 1 atom stereocenters. The minimum Gasteiger partial charge on any atom is -0.372 e. The number of nitrogens with zero attached hydrogens (tertiary/aromatic N) is 2. The lowest BCUT2D eigenvalue weighted by Crippen LogP contribution is -2.48. The monoisotopic (exact) mass is 474 g/mol. The van der Waals surface area contributed by atoms with Crippen LogP contribution in [0.15, 0.2) is 41.5 Å². The summed E-state index contributed by atoms with van der Waals surface area (Å²) in [6.45, 7) is 7.90. The lowest BCUT2D eigenvalue weighted by atomic mass is 10.0. The molecule has 2 amide bonds. The summed E-state index contributed by atoms with van der Waals surface area (Å²) in [7, 11) is 0. The van der Waals surface area contributed by atoms with E-state index in [0.29, 0.717) is 5.02 Å². The Morgan fingerprint density at radius 2 is 1.81 bits per heavy atom. The first-order valence-electron chi connectivity index (χ1n) is 10.7. The molecular weight excluding hydrogens is 447 g/mol. The maximum Gasteiger partial charge on any atom is 0.262 e. The van der Waals surface area contributed by atoms with Gasteiger partial charge in [0, 0.05) is 23.8 Å². The zero-order valence-corrected chi connectivity index (χ0v) is 20.0. The number of anilines is 1. The van der Waals surface area contributed by atoms with Crippen LogP contribution in [0.3, 0.4) is 0 Å². The number of carbonyl (C=O) groups is 2. The van der Waals surface area contributed by atoms with Gasteiger partial charge in [-0.25, -0.2) is 5.43 Å². The van der Waals surface area contributed by atoms with E-state index in [1.807, 2.05) is 26.8 Å². The standard InChI is InChI=1S/C24H28Cl2N4O2/c1-15(2)22(28-23(31)20-9-7-18(25)13-21(20)26)24(32)29-27-14-17-6-8-19(12-16(17)3)30-10-4-5-11-30/h6-9,12-15,22H,4-5,10-11H2,1-3H3,(H,28,31)(H,29,32)/b27-14-. The Balaban J connectivity index is 1.63. The molecule has 1 heterocycles. The van der Waals surface area contributed by atoms with Crippen LogP contribution in [-0.2, 0) is 4.79 Å². The third kappa shape index (κ3) is 6.02. The number of benzene rings is 2. The molecule has 1 aliphatic rings. The molecule has 1 aliphatic heterocycles. The average molecular weight is 475 g/mol. The van der Waals surface area contributed by atoms with Crippen molar-refractivity contribution in [1.29, 1.82) is 0 Å². The van der Waals surface area contributed by atoms with E-state index in [4.69, 9.17) is 23.2 Å². The quantitative estimate of drug-likeness (QED) is 0.446. The minimum atomic E-state index is -0.773. The molecule has 6 nitrogen and oxygen atoms in total. The number of halogens is 2. The summed E-state index contributed by atoms with van der Waals surface area (Å²) in [6, 6.07) is 10.0. The largest absolute Gasteiger partial charge is 0.372 e. The topological polar surface area (TPSA) is 73.8 Å². The van der Waals surface area contributed by atoms with Crippen molar-refractivity contribution in [3.8, 4) is 0 Å². The Morgan fingerprint density at radius 1 is 1.09 bits per heavy atom. The smallest absolute Gasteiger partial charge is 0.262 e. The van der Waals surface area contributed by atoms with E-state index in [-0.39, 0.29) is 16.5 Å². The first-order valence-corrected chi connectivity index (χ1v) is 11.5.